The van der Waals surface area contributed by atoms with Crippen LogP contribution in [0.15, 0.2) is 48.5 Å². The number of carbonyl (C=O) groups excluding carboxylic acids is 2. The fourth-order valence-corrected chi connectivity index (χ4v) is 3.93. The first-order chi connectivity index (χ1) is 15.2. The van der Waals surface area contributed by atoms with Crippen LogP contribution in [0.1, 0.15) is 37.5 Å². The highest BCUT2D eigenvalue weighted by Gasteiger charge is 2.26. The van der Waals surface area contributed by atoms with E-state index in [0.717, 1.165) is 16.7 Å². The van der Waals surface area contributed by atoms with Gasteiger partial charge >= 0.3 is 0 Å². The maximum absolute atomic E-state index is 13.1. The summed E-state index contributed by atoms with van der Waals surface area (Å²) < 4.78 is 0. The van der Waals surface area contributed by atoms with Crippen LogP contribution in [0.4, 0.5) is 5.69 Å². The van der Waals surface area contributed by atoms with E-state index in [0.29, 0.717) is 24.8 Å². The van der Waals surface area contributed by atoms with E-state index < -0.39 is 11.0 Å². The molecule has 32 heavy (non-hydrogen) atoms. The Bertz CT molecular complexity index is 931. The zero-order chi connectivity index (χ0) is 23.7. The lowest BCUT2D eigenvalue weighted by Gasteiger charge is -2.29. The Balaban J connectivity index is 2.06. The lowest BCUT2D eigenvalue weighted by molar-refractivity contribution is -0.384. The lowest BCUT2D eigenvalue weighted by atomic mass is 10.1. The molecule has 0 aliphatic rings. The van der Waals surface area contributed by atoms with Crippen molar-refractivity contribution in [2.75, 3.05) is 12.3 Å². The molecule has 1 unspecified atom stereocenters. The fourth-order valence-electron chi connectivity index (χ4n) is 3.06. The van der Waals surface area contributed by atoms with Crippen LogP contribution < -0.4 is 5.32 Å². The number of benzene rings is 2. The van der Waals surface area contributed by atoms with E-state index in [4.69, 9.17) is 0 Å². The number of nitrogens with one attached hydrogen (secondary N) is 1. The summed E-state index contributed by atoms with van der Waals surface area (Å²) in [5.74, 6) is 0.804. The van der Waals surface area contributed by atoms with Crippen molar-refractivity contribution in [1.29, 1.82) is 0 Å². The van der Waals surface area contributed by atoms with Gasteiger partial charge in [-0.25, -0.2) is 0 Å². The third-order valence-corrected chi connectivity index (χ3v) is 6.08. The largest absolute Gasteiger partial charge is 0.354 e. The summed E-state index contributed by atoms with van der Waals surface area (Å²) in [7, 11) is 0. The van der Waals surface area contributed by atoms with E-state index in [1.54, 1.807) is 24.0 Å². The van der Waals surface area contributed by atoms with Gasteiger partial charge in [-0.05, 0) is 36.5 Å². The predicted octanol–water partition coefficient (Wildman–Crippen LogP) is 4.33. The molecule has 2 aromatic carbocycles. The molecule has 0 radical (unpaired) electrons. The maximum Gasteiger partial charge on any atom is 0.269 e. The molecule has 0 bridgehead atoms. The lowest BCUT2D eigenvalue weighted by Crippen LogP contribution is -2.48. The Kier molecular flexibility index (Phi) is 9.71. The number of non-ortho nitro benzene ring substituents is 1. The third kappa shape index (κ3) is 7.67. The fraction of sp³-hybridized carbons (Fsp3) is 0.417. The van der Waals surface area contributed by atoms with Gasteiger partial charge in [0.2, 0.25) is 11.8 Å². The second-order valence-corrected chi connectivity index (χ2v) is 9.17. The van der Waals surface area contributed by atoms with E-state index in [-0.39, 0.29) is 23.3 Å². The predicted molar refractivity (Wildman–Crippen MR) is 128 cm³/mol. The number of rotatable bonds is 11. The van der Waals surface area contributed by atoms with Crippen molar-refractivity contribution < 1.29 is 14.5 Å². The summed E-state index contributed by atoms with van der Waals surface area (Å²) >= 11 is 1.43. The van der Waals surface area contributed by atoms with Gasteiger partial charge in [-0.1, -0.05) is 50.2 Å². The summed E-state index contributed by atoms with van der Waals surface area (Å²) in [4.78, 5) is 37.8. The van der Waals surface area contributed by atoms with Gasteiger partial charge in [-0.3, -0.25) is 19.7 Å². The zero-order valence-corrected chi connectivity index (χ0v) is 19.9. The van der Waals surface area contributed by atoms with Crippen molar-refractivity contribution in [2.24, 2.45) is 5.92 Å². The summed E-state index contributed by atoms with van der Waals surface area (Å²) in [6, 6.07) is 13.6. The second-order valence-electron chi connectivity index (χ2n) is 8.18. The first kappa shape index (κ1) is 25.4. The molecule has 2 aromatic rings. The smallest absolute Gasteiger partial charge is 0.269 e. The molecule has 0 saturated carbocycles. The van der Waals surface area contributed by atoms with Crippen molar-refractivity contribution in [1.82, 2.24) is 10.2 Å². The van der Waals surface area contributed by atoms with Gasteiger partial charge in [0.1, 0.15) is 6.04 Å². The van der Waals surface area contributed by atoms with Gasteiger partial charge < -0.3 is 10.2 Å². The van der Waals surface area contributed by atoms with Gasteiger partial charge in [0.15, 0.2) is 0 Å². The van der Waals surface area contributed by atoms with Crippen LogP contribution in [0.2, 0.25) is 0 Å². The topological polar surface area (TPSA) is 92.6 Å². The molecule has 0 spiro atoms. The van der Waals surface area contributed by atoms with Crippen LogP contribution in [0, 0.1) is 23.0 Å². The van der Waals surface area contributed by atoms with Gasteiger partial charge in [0, 0.05) is 31.0 Å². The van der Waals surface area contributed by atoms with Gasteiger partial charge in [-0.15, -0.1) is 11.8 Å². The Morgan fingerprint density at radius 2 is 1.75 bits per heavy atom. The average Bonchev–Trinajstić information content (AvgIpc) is 2.76. The molecule has 2 rings (SSSR count). The third-order valence-electron chi connectivity index (χ3n) is 5.10. The van der Waals surface area contributed by atoms with E-state index in [2.05, 4.69) is 5.32 Å². The highest BCUT2D eigenvalue weighted by Crippen LogP contribution is 2.19. The average molecular weight is 458 g/mol. The molecule has 0 aliphatic heterocycles. The van der Waals surface area contributed by atoms with Crippen LogP contribution in [0.3, 0.4) is 0 Å². The first-order valence-corrected chi connectivity index (χ1v) is 11.8. The molecular weight excluding hydrogens is 426 g/mol. The second kappa shape index (κ2) is 12.2. The number of nitro benzene ring substituents is 1. The van der Waals surface area contributed by atoms with Crippen LogP contribution in [-0.2, 0) is 21.9 Å². The van der Waals surface area contributed by atoms with Crippen LogP contribution in [-0.4, -0.2) is 40.0 Å². The molecule has 8 heteroatoms. The quantitative estimate of drug-likeness (QED) is 0.401. The monoisotopic (exact) mass is 457 g/mol. The van der Waals surface area contributed by atoms with Crippen LogP contribution in [0.5, 0.6) is 0 Å². The minimum Gasteiger partial charge on any atom is -0.354 e. The minimum absolute atomic E-state index is 0.0421. The highest BCUT2D eigenvalue weighted by atomic mass is 32.2. The van der Waals surface area contributed by atoms with Crippen LogP contribution in [0.25, 0.3) is 0 Å². The highest BCUT2D eigenvalue weighted by molar-refractivity contribution is 7.99. The Hall–Kier alpha value is -2.87. The van der Waals surface area contributed by atoms with E-state index in [9.17, 15) is 19.7 Å². The summed E-state index contributed by atoms with van der Waals surface area (Å²) in [5, 5.41) is 13.7. The minimum atomic E-state index is -0.596. The zero-order valence-electron chi connectivity index (χ0n) is 19.0. The van der Waals surface area contributed by atoms with E-state index in [1.807, 2.05) is 45.0 Å². The Morgan fingerprint density at radius 1 is 1.09 bits per heavy atom. The Morgan fingerprint density at radius 3 is 2.34 bits per heavy atom. The van der Waals surface area contributed by atoms with E-state index >= 15 is 0 Å². The summed E-state index contributed by atoms with van der Waals surface area (Å²) in [6.07, 6.45) is 0. The molecular formula is C24H31N3O4S. The van der Waals surface area contributed by atoms with Gasteiger partial charge in [-0.2, -0.15) is 0 Å². The van der Waals surface area contributed by atoms with Crippen LogP contribution >= 0.6 is 11.8 Å². The first-order valence-electron chi connectivity index (χ1n) is 10.6. The maximum atomic E-state index is 13.1. The number of nitrogens with zero attached hydrogens (tertiary/aromatic N) is 2. The van der Waals surface area contributed by atoms with Crippen molar-refractivity contribution in [3.63, 3.8) is 0 Å². The number of hydrogen-bond acceptors (Lipinski definition) is 5. The molecule has 0 saturated heterocycles. The molecule has 2 amide bonds. The van der Waals surface area contributed by atoms with Crippen molar-refractivity contribution in [3.05, 3.63) is 75.3 Å². The summed E-state index contributed by atoms with van der Waals surface area (Å²) in [5.41, 5.74) is 3.02. The normalized spacial score (nSPS) is 11.8. The van der Waals surface area contributed by atoms with Gasteiger partial charge in [0.05, 0.1) is 10.7 Å². The number of amides is 2. The number of thioether (sulfide) groups is 1. The van der Waals surface area contributed by atoms with Gasteiger partial charge in [0.25, 0.3) is 5.69 Å². The molecule has 0 aliphatic carbocycles. The van der Waals surface area contributed by atoms with Crippen molar-refractivity contribution in [3.8, 4) is 0 Å². The molecule has 1 N–H and O–H groups in total. The number of aryl methyl sites for hydroxylation is 1. The number of nitro groups is 1. The molecule has 172 valence electrons. The Labute approximate surface area is 193 Å². The molecule has 7 nitrogen and oxygen atoms in total. The number of carbonyl (C=O) groups is 2. The van der Waals surface area contributed by atoms with Crippen molar-refractivity contribution >= 4 is 29.3 Å². The van der Waals surface area contributed by atoms with Crippen molar-refractivity contribution in [2.45, 2.75) is 46.0 Å². The SMILES string of the molecule is Cc1ccccc1CN(C(=O)CSCc1ccc([N+](=O)[O-])cc1)C(C)C(=O)NCC(C)C. The summed E-state index contributed by atoms with van der Waals surface area (Å²) in [6.45, 7) is 8.72. The molecule has 0 heterocycles. The van der Waals surface area contributed by atoms with E-state index in [1.165, 1.54) is 23.9 Å². The molecule has 1 atom stereocenters. The molecule has 0 aromatic heterocycles. The number of hydrogen-bond donors (Lipinski definition) is 1. The molecule has 0 fully saturated rings. The standard InChI is InChI=1S/C24H31N3O4S/c1-17(2)13-25-24(29)19(4)26(14-21-8-6-5-7-18(21)3)23(28)16-32-15-20-9-11-22(12-10-20)27(30)31/h5-12,17,19H,13-16H2,1-4H3,(H,25,29).